The number of ether oxygens (including phenoxy) is 1. The normalized spacial score (nSPS) is 25.3. The number of anilines is 1. The molecule has 1 aromatic carbocycles. The molecule has 1 aromatic rings. The van der Waals surface area contributed by atoms with E-state index in [1.807, 2.05) is 25.1 Å². The van der Waals surface area contributed by atoms with E-state index < -0.39 is 11.7 Å². The molecule has 0 saturated carbocycles. The molecule has 1 saturated heterocycles. The summed E-state index contributed by atoms with van der Waals surface area (Å²) in [5.74, 6) is 0.689. The van der Waals surface area contributed by atoms with Gasteiger partial charge >= 0.3 is 0 Å². The average molecular weight is 251 g/mol. The molecule has 2 rings (SSSR count). The van der Waals surface area contributed by atoms with Crippen LogP contribution in [0.2, 0.25) is 0 Å². The van der Waals surface area contributed by atoms with Crippen LogP contribution in [0.5, 0.6) is 5.75 Å². The van der Waals surface area contributed by atoms with E-state index in [0.29, 0.717) is 12.3 Å². The van der Waals surface area contributed by atoms with Crippen LogP contribution in [0.25, 0.3) is 0 Å². The second kappa shape index (κ2) is 4.78. The van der Waals surface area contributed by atoms with E-state index in [-0.39, 0.29) is 0 Å². The standard InChI is InChI=1S/C14H21NO3/c1-10(16)13-11(5-4-6-12(13)18-3)15-8-7-14(2,17)9-15/h4-6,10,16-17H,7-9H2,1-3H3. The first kappa shape index (κ1) is 13.2. The van der Waals surface area contributed by atoms with Crippen LogP contribution >= 0.6 is 0 Å². The molecular formula is C14H21NO3. The lowest BCUT2D eigenvalue weighted by Crippen LogP contribution is -2.30. The fraction of sp³-hybridized carbons (Fsp3) is 0.571. The SMILES string of the molecule is COc1cccc(N2CCC(C)(O)C2)c1C(C)O. The van der Waals surface area contributed by atoms with E-state index in [2.05, 4.69) is 4.90 Å². The van der Waals surface area contributed by atoms with Gasteiger partial charge in [-0.05, 0) is 32.4 Å². The van der Waals surface area contributed by atoms with Gasteiger partial charge in [-0.15, -0.1) is 0 Å². The zero-order valence-electron chi connectivity index (χ0n) is 11.2. The van der Waals surface area contributed by atoms with E-state index in [1.165, 1.54) is 0 Å². The van der Waals surface area contributed by atoms with E-state index in [0.717, 1.165) is 24.2 Å². The number of aliphatic hydroxyl groups excluding tert-OH is 1. The number of methoxy groups -OCH3 is 1. The quantitative estimate of drug-likeness (QED) is 0.858. The molecule has 1 aliphatic rings. The number of benzene rings is 1. The molecule has 0 aliphatic carbocycles. The summed E-state index contributed by atoms with van der Waals surface area (Å²) in [4.78, 5) is 2.10. The molecule has 4 heteroatoms. The van der Waals surface area contributed by atoms with Gasteiger partial charge in [0.2, 0.25) is 0 Å². The molecule has 2 N–H and O–H groups in total. The van der Waals surface area contributed by atoms with Crippen LogP contribution < -0.4 is 9.64 Å². The molecule has 0 bridgehead atoms. The molecule has 0 spiro atoms. The van der Waals surface area contributed by atoms with Gasteiger partial charge in [-0.25, -0.2) is 0 Å². The predicted molar refractivity (Wildman–Crippen MR) is 71.1 cm³/mol. The first-order valence-corrected chi connectivity index (χ1v) is 6.27. The van der Waals surface area contributed by atoms with Gasteiger partial charge in [-0.2, -0.15) is 0 Å². The Morgan fingerprint density at radius 2 is 2.17 bits per heavy atom. The van der Waals surface area contributed by atoms with Crippen molar-refractivity contribution in [2.45, 2.75) is 32.0 Å². The number of hydrogen-bond donors (Lipinski definition) is 2. The van der Waals surface area contributed by atoms with Crippen LogP contribution in [0.3, 0.4) is 0 Å². The lowest BCUT2D eigenvalue weighted by atomic mass is 10.1. The third-order valence-corrected chi connectivity index (χ3v) is 3.47. The van der Waals surface area contributed by atoms with Gasteiger partial charge in [-0.3, -0.25) is 0 Å². The molecule has 1 aliphatic heterocycles. The van der Waals surface area contributed by atoms with Gasteiger partial charge in [0.1, 0.15) is 5.75 Å². The van der Waals surface area contributed by atoms with Crippen molar-refractivity contribution in [3.05, 3.63) is 23.8 Å². The molecule has 2 unspecified atom stereocenters. The highest BCUT2D eigenvalue weighted by molar-refractivity contribution is 5.61. The number of aliphatic hydroxyl groups is 2. The van der Waals surface area contributed by atoms with Crippen molar-refractivity contribution < 1.29 is 14.9 Å². The van der Waals surface area contributed by atoms with Crippen LogP contribution in [0, 0.1) is 0 Å². The Morgan fingerprint density at radius 1 is 1.44 bits per heavy atom. The molecule has 1 heterocycles. The van der Waals surface area contributed by atoms with Crippen LogP contribution in [-0.2, 0) is 0 Å². The van der Waals surface area contributed by atoms with E-state index in [1.54, 1.807) is 14.0 Å². The minimum absolute atomic E-state index is 0.583. The molecule has 0 aromatic heterocycles. The summed E-state index contributed by atoms with van der Waals surface area (Å²) in [5, 5.41) is 20.0. The Labute approximate surface area is 108 Å². The number of rotatable bonds is 3. The summed E-state index contributed by atoms with van der Waals surface area (Å²) in [7, 11) is 1.60. The third-order valence-electron chi connectivity index (χ3n) is 3.47. The zero-order valence-corrected chi connectivity index (χ0v) is 11.2. The van der Waals surface area contributed by atoms with Gasteiger partial charge in [-0.1, -0.05) is 6.07 Å². The van der Waals surface area contributed by atoms with Gasteiger partial charge in [0.25, 0.3) is 0 Å². The molecule has 100 valence electrons. The number of β-amino-alcohol motifs (C(OH)–C–C–N with tert-alkyl or cyclic N) is 1. The number of hydrogen-bond acceptors (Lipinski definition) is 4. The predicted octanol–water partition coefficient (Wildman–Crippen LogP) is 1.71. The second-order valence-corrected chi connectivity index (χ2v) is 5.24. The summed E-state index contributed by atoms with van der Waals surface area (Å²) in [6, 6.07) is 5.72. The van der Waals surface area contributed by atoms with Crippen molar-refractivity contribution >= 4 is 5.69 Å². The Kier molecular flexibility index (Phi) is 3.50. The van der Waals surface area contributed by atoms with E-state index >= 15 is 0 Å². The van der Waals surface area contributed by atoms with Gasteiger partial charge in [0.05, 0.1) is 18.8 Å². The monoisotopic (exact) mass is 251 g/mol. The van der Waals surface area contributed by atoms with Crippen molar-refractivity contribution in [2.75, 3.05) is 25.1 Å². The van der Waals surface area contributed by atoms with Crippen molar-refractivity contribution in [1.82, 2.24) is 0 Å². The summed E-state index contributed by atoms with van der Waals surface area (Å²) in [6.07, 6.45) is 0.144. The van der Waals surface area contributed by atoms with Crippen molar-refractivity contribution in [3.63, 3.8) is 0 Å². The maximum Gasteiger partial charge on any atom is 0.126 e. The largest absolute Gasteiger partial charge is 0.496 e. The second-order valence-electron chi connectivity index (χ2n) is 5.24. The molecular weight excluding hydrogens is 230 g/mol. The summed E-state index contributed by atoms with van der Waals surface area (Å²) < 4.78 is 5.31. The molecule has 4 nitrogen and oxygen atoms in total. The van der Waals surface area contributed by atoms with Crippen molar-refractivity contribution in [3.8, 4) is 5.75 Å². The van der Waals surface area contributed by atoms with Crippen LogP contribution in [0.15, 0.2) is 18.2 Å². The smallest absolute Gasteiger partial charge is 0.126 e. The summed E-state index contributed by atoms with van der Waals surface area (Å²) in [5.41, 5.74) is 1.08. The van der Waals surface area contributed by atoms with Crippen LogP contribution in [0.4, 0.5) is 5.69 Å². The maximum absolute atomic E-state index is 10.0. The summed E-state index contributed by atoms with van der Waals surface area (Å²) in [6.45, 7) is 4.95. The minimum Gasteiger partial charge on any atom is -0.496 e. The molecule has 2 atom stereocenters. The zero-order chi connectivity index (χ0) is 13.3. The Hall–Kier alpha value is -1.26. The van der Waals surface area contributed by atoms with E-state index in [4.69, 9.17) is 4.74 Å². The lowest BCUT2D eigenvalue weighted by molar-refractivity contribution is 0.0838. The molecule has 18 heavy (non-hydrogen) atoms. The van der Waals surface area contributed by atoms with Crippen molar-refractivity contribution in [1.29, 1.82) is 0 Å². The van der Waals surface area contributed by atoms with Crippen LogP contribution in [0.1, 0.15) is 31.9 Å². The number of nitrogens with zero attached hydrogens (tertiary/aromatic N) is 1. The first-order valence-electron chi connectivity index (χ1n) is 6.27. The first-order chi connectivity index (χ1) is 8.44. The molecule has 1 fully saturated rings. The van der Waals surface area contributed by atoms with Gasteiger partial charge < -0.3 is 19.8 Å². The highest BCUT2D eigenvalue weighted by Crippen LogP contribution is 2.37. The summed E-state index contributed by atoms with van der Waals surface area (Å²) >= 11 is 0. The maximum atomic E-state index is 10.0. The highest BCUT2D eigenvalue weighted by atomic mass is 16.5. The van der Waals surface area contributed by atoms with E-state index in [9.17, 15) is 10.2 Å². The lowest BCUT2D eigenvalue weighted by Gasteiger charge is -2.25. The fourth-order valence-corrected chi connectivity index (χ4v) is 2.56. The van der Waals surface area contributed by atoms with Gasteiger partial charge in [0, 0.05) is 24.3 Å². The minimum atomic E-state index is -0.654. The molecule has 0 amide bonds. The Morgan fingerprint density at radius 3 is 2.67 bits per heavy atom. The molecule has 0 radical (unpaired) electrons. The average Bonchev–Trinajstić information content (AvgIpc) is 2.68. The Bertz CT molecular complexity index is 429. The third kappa shape index (κ3) is 2.44. The van der Waals surface area contributed by atoms with Crippen molar-refractivity contribution in [2.24, 2.45) is 0 Å². The highest BCUT2D eigenvalue weighted by Gasteiger charge is 2.33. The Balaban J connectivity index is 2.39. The topological polar surface area (TPSA) is 52.9 Å². The van der Waals surface area contributed by atoms with Gasteiger partial charge in [0.15, 0.2) is 0 Å². The van der Waals surface area contributed by atoms with Crippen LogP contribution in [-0.4, -0.2) is 36.0 Å². The fourth-order valence-electron chi connectivity index (χ4n) is 2.56.